The van der Waals surface area contributed by atoms with E-state index < -0.39 is 17.0 Å². The summed E-state index contributed by atoms with van der Waals surface area (Å²) in [5, 5.41) is 13.0. The lowest BCUT2D eigenvalue weighted by atomic mass is 9.72. The zero-order valence-corrected chi connectivity index (χ0v) is 16.8. The number of rotatable bonds is 4. The molecule has 2 aliphatic heterocycles. The summed E-state index contributed by atoms with van der Waals surface area (Å²) in [6.45, 7) is 10.1. The summed E-state index contributed by atoms with van der Waals surface area (Å²) in [6.07, 6.45) is -0.998. The van der Waals surface area contributed by atoms with Crippen LogP contribution in [0, 0.1) is 11.2 Å². The number of benzene rings is 1. The molecule has 2 N–H and O–H groups in total. The van der Waals surface area contributed by atoms with Crippen LogP contribution in [0.4, 0.5) is 14.9 Å². The molecule has 3 rings (SSSR count). The Bertz CT molecular complexity index is 703. The van der Waals surface area contributed by atoms with Crippen molar-refractivity contribution in [3.05, 3.63) is 24.0 Å². The first-order chi connectivity index (χ1) is 13.2. The second-order valence-electron chi connectivity index (χ2n) is 8.41. The summed E-state index contributed by atoms with van der Waals surface area (Å²) >= 11 is 0. The minimum Gasteiger partial charge on any atom is -0.491 e. The van der Waals surface area contributed by atoms with Crippen LogP contribution in [-0.2, 0) is 4.74 Å². The normalized spacial score (nSPS) is 23.6. The van der Waals surface area contributed by atoms with Gasteiger partial charge in [0.25, 0.3) is 0 Å². The molecule has 1 unspecified atom stereocenters. The molecule has 0 radical (unpaired) electrons. The Balaban J connectivity index is 1.78. The molecule has 1 aromatic carbocycles. The number of carbonyl (C=O) groups is 1. The summed E-state index contributed by atoms with van der Waals surface area (Å²) in [5.41, 5.74) is -0.719. The van der Waals surface area contributed by atoms with Gasteiger partial charge in [-0.25, -0.2) is 9.18 Å². The second kappa shape index (κ2) is 8.13. The van der Waals surface area contributed by atoms with Crippen LogP contribution in [-0.4, -0.2) is 74.2 Å². The quantitative estimate of drug-likeness (QED) is 0.816. The van der Waals surface area contributed by atoms with Crippen molar-refractivity contribution in [2.45, 2.75) is 26.3 Å². The van der Waals surface area contributed by atoms with E-state index in [1.165, 1.54) is 11.0 Å². The van der Waals surface area contributed by atoms with Crippen molar-refractivity contribution in [2.24, 2.45) is 5.41 Å². The van der Waals surface area contributed by atoms with Gasteiger partial charge in [-0.1, -0.05) is 20.8 Å². The van der Waals surface area contributed by atoms with E-state index in [0.717, 1.165) is 26.2 Å². The Morgan fingerprint density at radius 1 is 1.32 bits per heavy atom. The minimum atomic E-state index is -0.998. The lowest BCUT2D eigenvalue weighted by molar-refractivity contribution is -0.122. The van der Waals surface area contributed by atoms with Gasteiger partial charge in [0.05, 0.1) is 18.9 Å². The van der Waals surface area contributed by atoms with E-state index in [1.54, 1.807) is 12.1 Å². The Labute approximate surface area is 165 Å². The molecule has 1 aromatic rings. The fourth-order valence-electron chi connectivity index (χ4n) is 3.87. The number of nitrogens with zero attached hydrogens (tertiary/aromatic N) is 2. The molecule has 8 heteroatoms. The van der Waals surface area contributed by atoms with E-state index in [2.05, 4.69) is 5.32 Å². The molecule has 7 nitrogen and oxygen atoms in total. The molecule has 28 heavy (non-hydrogen) atoms. The Hall–Kier alpha value is -2.06. The predicted octanol–water partition coefficient (Wildman–Crippen LogP) is 2.41. The molecule has 0 bridgehead atoms. The van der Waals surface area contributed by atoms with Gasteiger partial charge in [0.2, 0.25) is 0 Å². The van der Waals surface area contributed by atoms with E-state index in [9.17, 15) is 14.3 Å². The van der Waals surface area contributed by atoms with Crippen molar-refractivity contribution >= 4 is 11.8 Å². The van der Waals surface area contributed by atoms with Crippen LogP contribution >= 0.6 is 0 Å². The molecule has 0 aromatic heterocycles. The highest BCUT2D eigenvalue weighted by molar-refractivity contribution is 5.66. The van der Waals surface area contributed by atoms with E-state index in [-0.39, 0.29) is 25.6 Å². The van der Waals surface area contributed by atoms with Crippen LogP contribution in [0.25, 0.3) is 0 Å². The minimum absolute atomic E-state index is 0.0925. The fraction of sp³-hybridized carbons (Fsp3) is 0.650. The number of halogens is 1. The molecule has 2 heterocycles. The first kappa shape index (κ1) is 20.7. The standard InChI is InChI=1S/C20H30FN3O4/c1-19(2,3)20(13-27-11-10-24(20)18(25)26)14-28-15-4-5-17(16(21)12-15)23-8-6-22-7-9-23/h4-5,12,22H,6-11,13-14H2,1-3H3,(H,25,26). The molecule has 0 aliphatic carbocycles. The van der Waals surface area contributed by atoms with Crippen LogP contribution < -0.4 is 15.0 Å². The zero-order chi connectivity index (χ0) is 20.4. The topological polar surface area (TPSA) is 74.3 Å². The van der Waals surface area contributed by atoms with Crippen LogP contribution in [0.1, 0.15) is 20.8 Å². The monoisotopic (exact) mass is 395 g/mol. The Morgan fingerprint density at radius 3 is 2.64 bits per heavy atom. The third-order valence-electron chi connectivity index (χ3n) is 5.80. The van der Waals surface area contributed by atoms with Gasteiger partial charge in [-0.05, 0) is 17.5 Å². The number of anilines is 1. The number of ether oxygens (including phenoxy) is 2. The number of hydrogen-bond acceptors (Lipinski definition) is 5. The predicted molar refractivity (Wildman–Crippen MR) is 105 cm³/mol. The third-order valence-corrected chi connectivity index (χ3v) is 5.80. The van der Waals surface area contributed by atoms with Crippen molar-refractivity contribution in [2.75, 3.05) is 57.4 Å². The summed E-state index contributed by atoms with van der Waals surface area (Å²) in [4.78, 5) is 15.3. The number of nitrogens with one attached hydrogen (secondary N) is 1. The van der Waals surface area contributed by atoms with Crippen molar-refractivity contribution in [3.8, 4) is 5.75 Å². The molecule has 1 atom stereocenters. The van der Waals surface area contributed by atoms with E-state index in [1.807, 2.05) is 25.7 Å². The molecule has 156 valence electrons. The molecule has 2 saturated heterocycles. The highest BCUT2D eigenvalue weighted by Crippen LogP contribution is 2.39. The number of amides is 1. The molecule has 2 aliphatic rings. The molecule has 1 amide bonds. The average Bonchev–Trinajstić information content (AvgIpc) is 2.66. The van der Waals surface area contributed by atoms with Gasteiger partial charge >= 0.3 is 6.09 Å². The van der Waals surface area contributed by atoms with Gasteiger partial charge in [0.1, 0.15) is 23.7 Å². The SMILES string of the molecule is CC(C)(C)C1(COc2ccc(N3CCNCC3)c(F)c2)COCCN1C(=O)O. The Morgan fingerprint density at radius 2 is 2.04 bits per heavy atom. The van der Waals surface area contributed by atoms with E-state index in [4.69, 9.17) is 9.47 Å². The van der Waals surface area contributed by atoms with Crippen LogP contribution in [0.3, 0.4) is 0 Å². The van der Waals surface area contributed by atoms with Gasteiger partial charge in [-0.2, -0.15) is 0 Å². The molecular weight excluding hydrogens is 365 g/mol. The summed E-state index contributed by atoms with van der Waals surface area (Å²) < 4.78 is 26.2. The first-order valence-corrected chi connectivity index (χ1v) is 9.71. The van der Waals surface area contributed by atoms with E-state index >= 15 is 0 Å². The smallest absolute Gasteiger partial charge is 0.408 e. The highest BCUT2D eigenvalue weighted by Gasteiger charge is 2.52. The number of piperazine rings is 1. The number of hydrogen-bond donors (Lipinski definition) is 2. The van der Waals surface area contributed by atoms with E-state index in [0.29, 0.717) is 18.0 Å². The van der Waals surface area contributed by atoms with Gasteiger partial charge < -0.3 is 24.8 Å². The molecule has 2 fully saturated rings. The van der Waals surface area contributed by atoms with Gasteiger partial charge in [-0.3, -0.25) is 4.90 Å². The summed E-state index contributed by atoms with van der Waals surface area (Å²) in [6, 6.07) is 4.85. The maximum atomic E-state index is 14.7. The van der Waals surface area contributed by atoms with Crippen molar-refractivity contribution in [1.29, 1.82) is 0 Å². The molecule has 0 saturated carbocycles. The van der Waals surface area contributed by atoms with Crippen LogP contribution in [0.15, 0.2) is 18.2 Å². The average molecular weight is 395 g/mol. The van der Waals surface area contributed by atoms with Crippen LogP contribution in [0.2, 0.25) is 0 Å². The molecular formula is C20H30FN3O4. The van der Waals surface area contributed by atoms with Gasteiger partial charge in [-0.15, -0.1) is 0 Å². The van der Waals surface area contributed by atoms with Gasteiger partial charge in [0.15, 0.2) is 0 Å². The Kier molecular flexibility index (Phi) is 6.00. The lowest BCUT2D eigenvalue weighted by Gasteiger charge is -2.52. The lowest BCUT2D eigenvalue weighted by Crippen LogP contribution is -2.68. The molecule has 0 spiro atoms. The maximum absolute atomic E-state index is 14.7. The second-order valence-corrected chi connectivity index (χ2v) is 8.41. The highest BCUT2D eigenvalue weighted by atomic mass is 19.1. The summed E-state index contributed by atoms with van der Waals surface area (Å²) in [7, 11) is 0. The summed E-state index contributed by atoms with van der Waals surface area (Å²) in [5.74, 6) is 0.0510. The van der Waals surface area contributed by atoms with Crippen molar-refractivity contribution in [3.63, 3.8) is 0 Å². The van der Waals surface area contributed by atoms with Crippen molar-refractivity contribution in [1.82, 2.24) is 10.2 Å². The van der Waals surface area contributed by atoms with Crippen LogP contribution in [0.5, 0.6) is 5.75 Å². The number of morpholine rings is 1. The largest absolute Gasteiger partial charge is 0.491 e. The zero-order valence-electron chi connectivity index (χ0n) is 16.8. The maximum Gasteiger partial charge on any atom is 0.408 e. The third kappa shape index (κ3) is 4.03. The first-order valence-electron chi connectivity index (χ1n) is 9.71. The fourth-order valence-corrected chi connectivity index (χ4v) is 3.87. The van der Waals surface area contributed by atoms with Crippen molar-refractivity contribution < 1.29 is 23.8 Å². The number of carboxylic acid groups (broad SMARTS) is 1. The van der Waals surface area contributed by atoms with Gasteiger partial charge in [0, 0.05) is 38.8 Å².